The van der Waals surface area contributed by atoms with Gasteiger partial charge in [-0.1, -0.05) is 18.3 Å². The molecule has 98 valence electrons. The van der Waals surface area contributed by atoms with Crippen LogP contribution in [0.5, 0.6) is 0 Å². The lowest BCUT2D eigenvalue weighted by Crippen LogP contribution is -2.41. The first-order valence-corrected chi connectivity index (χ1v) is 6.93. The van der Waals surface area contributed by atoms with E-state index in [9.17, 15) is 9.59 Å². The Morgan fingerprint density at radius 1 is 1.50 bits per heavy atom. The van der Waals surface area contributed by atoms with Crippen molar-refractivity contribution in [2.75, 3.05) is 18.4 Å². The van der Waals surface area contributed by atoms with Gasteiger partial charge in [-0.05, 0) is 12.8 Å². The number of anilines is 1. The van der Waals surface area contributed by atoms with E-state index < -0.39 is 0 Å². The minimum atomic E-state index is -0.0326. The average Bonchev–Trinajstić information content (AvgIpc) is 2.91. The van der Waals surface area contributed by atoms with Crippen molar-refractivity contribution in [1.29, 1.82) is 0 Å². The first kappa shape index (κ1) is 12.9. The van der Waals surface area contributed by atoms with Gasteiger partial charge in [-0.3, -0.25) is 9.59 Å². The molecule has 1 fully saturated rings. The molecule has 7 heteroatoms. The molecule has 0 spiro atoms. The van der Waals surface area contributed by atoms with E-state index in [0.29, 0.717) is 24.6 Å². The second-order valence-corrected chi connectivity index (χ2v) is 5.07. The van der Waals surface area contributed by atoms with Crippen LogP contribution in [0.1, 0.15) is 26.2 Å². The Kier molecular flexibility index (Phi) is 4.24. The van der Waals surface area contributed by atoms with Crippen molar-refractivity contribution >= 4 is 28.3 Å². The summed E-state index contributed by atoms with van der Waals surface area (Å²) in [5, 5.41) is 10.7. The van der Waals surface area contributed by atoms with Crippen LogP contribution in [0, 0.1) is 5.92 Å². The molecular formula is C11H16N4O2S. The van der Waals surface area contributed by atoms with Gasteiger partial charge in [0.15, 0.2) is 0 Å². The van der Waals surface area contributed by atoms with Gasteiger partial charge in [-0.25, -0.2) is 0 Å². The van der Waals surface area contributed by atoms with Crippen LogP contribution < -0.4 is 5.32 Å². The molecule has 6 nitrogen and oxygen atoms in total. The summed E-state index contributed by atoms with van der Waals surface area (Å²) in [5.74, 6) is 0.114. The SMILES string of the molecule is CCC(=O)N1CCC(C(=O)Nc2nncs2)CC1. The molecule has 2 amide bonds. The van der Waals surface area contributed by atoms with Crippen LogP contribution in [0.4, 0.5) is 5.13 Å². The molecular weight excluding hydrogens is 252 g/mol. The molecule has 18 heavy (non-hydrogen) atoms. The van der Waals surface area contributed by atoms with Crippen LogP contribution in [0.25, 0.3) is 0 Å². The number of piperidine rings is 1. The molecule has 0 saturated carbocycles. The number of carbonyl (C=O) groups is 2. The fourth-order valence-electron chi connectivity index (χ4n) is 2.05. The molecule has 0 bridgehead atoms. The van der Waals surface area contributed by atoms with Gasteiger partial charge in [0.1, 0.15) is 5.51 Å². The smallest absolute Gasteiger partial charge is 0.229 e. The summed E-state index contributed by atoms with van der Waals surface area (Å²) in [5.41, 5.74) is 1.58. The number of rotatable bonds is 3. The molecule has 0 aliphatic carbocycles. The Hall–Kier alpha value is -1.50. The maximum absolute atomic E-state index is 11.9. The molecule has 0 unspecified atom stereocenters. The lowest BCUT2D eigenvalue weighted by atomic mass is 9.96. The fraction of sp³-hybridized carbons (Fsp3) is 0.636. The van der Waals surface area contributed by atoms with E-state index in [1.165, 1.54) is 11.3 Å². The van der Waals surface area contributed by atoms with Gasteiger partial charge >= 0.3 is 0 Å². The highest BCUT2D eigenvalue weighted by atomic mass is 32.1. The number of hydrogen-bond acceptors (Lipinski definition) is 5. The minimum Gasteiger partial charge on any atom is -0.343 e. The topological polar surface area (TPSA) is 75.2 Å². The highest BCUT2D eigenvalue weighted by Crippen LogP contribution is 2.20. The Labute approximate surface area is 109 Å². The van der Waals surface area contributed by atoms with Crippen molar-refractivity contribution in [3.05, 3.63) is 5.51 Å². The van der Waals surface area contributed by atoms with Crippen molar-refractivity contribution in [2.45, 2.75) is 26.2 Å². The lowest BCUT2D eigenvalue weighted by Gasteiger charge is -2.30. The molecule has 0 atom stereocenters. The van der Waals surface area contributed by atoms with Crippen molar-refractivity contribution in [2.24, 2.45) is 5.92 Å². The molecule has 1 aromatic heterocycles. The zero-order chi connectivity index (χ0) is 13.0. The quantitative estimate of drug-likeness (QED) is 0.891. The van der Waals surface area contributed by atoms with Crippen LogP contribution >= 0.6 is 11.3 Å². The zero-order valence-corrected chi connectivity index (χ0v) is 11.1. The van der Waals surface area contributed by atoms with Crippen molar-refractivity contribution in [3.63, 3.8) is 0 Å². The molecule has 1 aromatic rings. The molecule has 1 N–H and O–H groups in total. The van der Waals surface area contributed by atoms with E-state index in [1.54, 1.807) is 5.51 Å². The molecule has 2 rings (SSSR count). The Bertz CT molecular complexity index is 413. The second kappa shape index (κ2) is 5.90. The summed E-state index contributed by atoms with van der Waals surface area (Å²) in [4.78, 5) is 25.3. The number of hydrogen-bond donors (Lipinski definition) is 1. The van der Waals surface area contributed by atoms with Crippen LogP contribution in [-0.4, -0.2) is 40.0 Å². The maximum Gasteiger partial charge on any atom is 0.229 e. The number of likely N-dealkylation sites (tertiary alicyclic amines) is 1. The molecule has 2 heterocycles. The second-order valence-electron chi connectivity index (χ2n) is 4.24. The summed E-state index contributed by atoms with van der Waals surface area (Å²) < 4.78 is 0. The first-order valence-electron chi connectivity index (χ1n) is 6.05. The lowest BCUT2D eigenvalue weighted by molar-refractivity contribution is -0.134. The summed E-state index contributed by atoms with van der Waals surface area (Å²) in [6.07, 6.45) is 1.97. The van der Waals surface area contributed by atoms with Gasteiger partial charge in [-0.15, -0.1) is 10.2 Å². The van der Waals surface area contributed by atoms with E-state index in [2.05, 4.69) is 15.5 Å². The van der Waals surface area contributed by atoms with Gasteiger partial charge in [0.2, 0.25) is 16.9 Å². The first-order chi connectivity index (χ1) is 8.70. The Balaban J connectivity index is 1.82. The van der Waals surface area contributed by atoms with Crippen LogP contribution in [0.3, 0.4) is 0 Å². The van der Waals surface area contributed by atoms with E-state index in [0.717, 1.165) is 12.8 Å². The van der Waals surface area contributed by atoms with E-state index in [1.807, 2.05) is 11.8 Å². The van der Waals surface area contributed by atoms with E-state index in [-0.39, 0.29) is 17.7 Å². The summed E-state index contributed by atoms with van der Waals surface area (Å²) in [7, 11) is 0. The van der Waals surface area contributed by atoms with Gasteiger partial charge in [-0.2, -0.15) is 0 Å². The van der Waals surface area contributed by atoms with Gasteiger partial charge in [0.25, 0.3) is 0 Å². The minimum absolute atomic E-state index is 0.0182. The highest BCUT2D eigenvalue weighted by molar-refractivity contribution is 7.13. The third kappa shape index (κ3) is 3.04. The van der Waals surface area contributed by atoms with E-state index in [4.69, 9.17) is 0 Å². The zero-order valence-electron chi connectivity index (χ0n) is 10.3. The highest BCUT2D eigenvalue weighted by Gasteiger charge is 2.27. The maximum atomic E-state index is 11.9. The number of nitrogens with one attached hydrogen (secondary N) is 1. The number of carbonyl (C=O) groups excluding carboxylic acids is 2. The third-order valence-corrected chi connectivity index (χ3v) is 3.72. The number of amides is 2. The Morgan fingerprint density at radius 3 is 2.78 bits per heavy atom. The summed E-state index contributed by atoms with van der Waals surface area (Å²) >= 11 is 1.31. The molecule has 0 aromatic carbocycles. The fourth-order valence-corrected chi connectivity index (χ4v) is 2.50. The third-order valence-electron chi connectivity index (χ3n) is 3.11. The molecule has 0 radical (unpaired) electrons. The van der Waals surface area contributed by atoms with Crippen LogP contribution in [0.2, 0.25) is 0 Å². The molecule has 1 saturated heterocycles. The number of aromatic nitrogens is 2. The monoisotopic (exact) mass is 268 g/mol. The summed E-state index contributed by atoms with van der Waals surface area (Å²) in [6.45, 7) is 3.19. The molecule has 1 aliphatic heterocycles. The van der Waals surface area contributed by atoms with Crippen molar-refractivity contribution in [3.8, 4) is 0 Å². The van der Waals surface area contributed by atoms with Gasteiger partial charge in [0.05, 0.1) is 0 Å². The standard InChI is InChI=1S/C11H16N4O2S/c1-2-9(16)15-5-3-8(4-6-15)10(17)13-11-14-12-7-18-11/h7-8H,2-6H2,1H3,(H,13,14,17). The van der Waals surface area contributed by atoms with Gasteiger partial charge in [0, 0.05) is 25.4 Å². The molecule has 1 aliphatic rings. The Morgan fingerprint density at radius 2 is 2.22 bits per heavy atom. The van der Waals surface area contributed by atoms with Crippen molar-refractivity contribution in [1.82, 2.24) is 15.1 Å². The van der Waals surface area contributed by atoms with Crippen molar-refractivity contribution < 1.29 is 9.59 Å². The summed E-state index contributed by atoms with van der Waals surface area (Å²) in [6, 6.07) is 0. The normalized spacial score (nSPS) is 16.6. The predicted octanol–water partition coefficient (Wildman–Crippen LogP) is 1.13. The van der Waals surface area contributed by atoms with Gasteiger partial charge < -0.3 is 10.2 Å². The number of nitrogens with zero attached hydrogens (tertiary/aromatic N) is 3. The predicted molar refractivity (Wildman–Crippen MR) is 68.1 cm³/mol. The van der Waals surface area contributed by atoms with Crippen LogP contribution in [0.15, 0.2) is 5.51 Å². The largest absolute Gasteiger partial charge is 0.343 e. The van der Waals surface area contributed by atoms with Crippen LogP contribution in [-0.2, 0) is 9.59 Å². The average molecular weight is 268 g/mol. The van der Waals surface area contributed by atoms with E-state index >= 15 is 0 Å².